The van der Waals surface area contributed by atoms with Gasteiger partial charge in [-0.2, -0.15) is 4.98 Å². The number of rotatable bonds is 7. The molecule has 4 rings (SSSR count). The minimum atomic E-state index is -0.544. The van der Waals surface area contributed by atoms with Crippen LogP contribution in [0.2, 0.25) is 0 Å². The Bertz CT molecular complexity index is 1250. The van der Waals surface area contributed by atoms with Crippen molar-refractivity contribution < 1.29 is 18.9 Å². The Morgan fingerprint density at radius 2 is 1.76 bits per heavy atom. The van der Waals surface area contributed by atoms with Crippen LogP contribution in [0.5, 0.6) is 23.0 Å². The molecule has 0 radical (unpaired) electrons. The molecule has 0 atom stereocenters. The second-order valence-electron chi connectivity index (χ2n) is 8.55. The predicted octanol–water partition coefficient (Wildman–Crippen LogP) is 4.25. The van der Waals surface area contributed by atoms with E-state index in [-0.39, 0.29) is 5.95 Å². The van der Waals surface area contributed by atoms with Crippen molar-refractivity contribution >= 4 is 17.3 Å². The largest absolute Gasteiger partial charge is 0.493 e. The molecular formula is C26H30N4O4. The van der Waals surface area contributed by atoms with Gasteiger partial charge in [-0.15, -0.1) is 0 Å². The van der Waals surface area contributed by atoms with Crippen molar-refractivity contribution in [1.82, 2.24) is 9.97 Å². The van der Waals surface area contributed by atoms with Crippen molar-refractivity contribution in [2.45, 2.75) is 32.8 Å². The van der Waals surface area contributed by atoms with E-state index < -0.39 is 5.60 Å². The lowest BCUT2D eigenvalue weighted by Gasteiger charge is -2.33. The summed E-state index contributed by atoms with van der Waals surface area (Å²) in [4.78, 5) is 8.18. The maximum Gasteiger partial charge on any atom is 0.221 e. The van der Waals surface area contributed by atoms with E-state index in [9.17, 15) is 0 Å². The molecule has 0 spiro atoms. The average Bonchev–Trinajstić information content (AvgIpc) is 2.80. The van der Waals surface area contributed by atoms with Crippen LogP contribution >= 0.6 is 0 Å². The maximum atomic E-state index is 6.38. The molecule has 4 N–H and O–H groups in total. The summed E-state index contributed by atoms with van der Waals surface area (Å²) >= 11 is 0. The molecule has 8 nitrogen and oxygen atoms in total. The number of nitrogen functional groups attached to an aromatic ring is 2. The van der Waals surface area contributed by atoms with Crippen LogP contribution in [0.3, 0.4) is 0 Å². The van der Waals surface area contributed by atoms with Crippen molar-refractivity contribution in [3.8, 4) is 23.0 Å². The molecule has 0 fully saturated rings. The normalized spacial score (nSPS) is 14.0. The molecule has 0 amide bonds. The second kappa shape index (κ2) is 9.13. The van der Waals surface area contributed by atoms with Crippen LogP contribution in [0.4, 0.5) is 11.8 Å². The third-order valence-corrected chi connectivity index (χ3v) is 5.57. The number of fused-ring (bicyclic) bond motifs is 1. The van der Waals surface area contributed by atoms with Gasteiger partial charge in [-0.3, -0.25) is 0 Å². The zero-order valence-electron chi connectivity index (χ0n) is 20.1. The smallest absolute Gasteiger partial charge is 0.221 e. The molecule has 34 heavy (non-hydrogen) atoms. The van der Waals surface area contributed by atoms with Gasteiger partial charge in [0.25, 0.3) is 0 Å². The molecule has 0 saturated heterocycles. The number of nitrogens with two attached hydrogens (primary N) is 2. The number of aromatic nitrogens is 2. The maximum absolute atomic E-state index is 6.38. The summed E-state index contributed by atoms with van der Waals surface area (Å²) in [7, 11) is 3.25. The van der Waals surface area contributed by atoms with E-state index in [0.717, 1.165) is 27.8 Å². The van der Waals surface area contributed by atoms with E-state index in [4.69, 9.17) is 30.4 Å². The van der Waals surface area contributed by atoms with Gasteiger partial charge in [0.1, 0.15) is 11.4 Å². The Kier molecular flexibility index (Phi) is 6.24. The number of anilines is 2. The van der Waals surface area contributed by atoms with Gasteiger partial charge in [-0.05, 0) is 67.8 Å². The van der Waals surface area contributed by atoms with Crippen molar-refractivity contribution in [1.29, 1.82) is 0 Å². The lowest BCUT2D eigenvalue weighted by Crippen LogP contribution is -2.29. The highest BCUT2D eigenvalue weighted by Gasteiger charge is 2.31. The second-order valence-corrected chi connectivity index (χ2v) is 8.55. The molecule has 0 bridgehead atoms. The summed E-state index contributed by atoms with van der Waals surface area (Å²) in [6, 6.07) is 9.94. The first kappa shape index (κ1) is 23.2. The molecule has 3 aromatic rings. The third-order valence-electron chi connectivity index (χ3n) is 5.57. The Balaban J connectivity index is 1.87. The van der Waals surface area contributed by atoms with Gasteiger partial charge < -0.3 is 30.4 Å². The van der Waals surface area contributed by atoms with Crippen molar-refractivity contribution in [3.63, 3.8) is 0 Å². The minimum absolute atomic E-state index is 0.149. The number of nitrogens with zero attached hydrogens (tertiary/aromatic N) is 2. The molecule has 1 aliphatic heterocycles. The fourth-order valence-electron chi connectivity index (χ4n) is 4.08. The number of hydrogen-bond acceptors (Lipinski definition) is 8. The molecule has 0 unspecified atom stereocenters. The molecule has 0 saturated carbocycles. The van der Waals surface area contributed by atoms with Crippen LogP contribution in [0.15, 0.2) is 42.6 Å². The molecule has 8 heteroatoms. The lowest BCUT2D eigenvalue weighted by molar-refractivity contribution is 0.149. The van der Waals surface area contributed by atoms with Crippen LogP contribution in [0.25, 0.3) is 5.57 Å². The van der Waals surface area contributed by atoms with E-state index in [0.29, 0.717) is 41.8 Å². The van der Waals surface area contributed by atoms with Gasteiger partial charge in [-0.1, -0.05) is 6.07 Å². The Hall–Kier alpha value is -3.94. The van der Waals surface area contributed by atoms with Gasteiger partial charge in [0.15, 0.2) is 23.0 Å². The van der Waals surface area contributed by atoms with E-state index in [1.165, 1.54) is 0 Å². The summed E-state index contributed by atoms with van der Waals surface area (Å²) in [5.74, 6) is 3.20. The molecule has 0 aliphatic carbocycles. The highest BCUT2D eigenvalue weighted by Crippen LogP contribution is 2.46. The molecule has 2 aromatic carbocycles. The summed E-state index contributed by atoms with van der Waals surface area (Å²) in [5, 5.41) is 0. The van der Waals surface area contributed by atoms with Gasteiger partial charge in [0.05, 0.1) is 20.8 Å². The Labute approximate surface area is 199 Å². The summed E-state index contributed by atoms with van der Waals surface area (Å²) in [6.07, 6.45) is 4.28. The van der Waals surface area contributed by atoms with Gasteiger partial charge in [0, 0.05) is 23.7 Å². The number of benzene rings is 2. The van der Waals surface area contributed by atoms with Crippen LogP contribution < -0.4 is 30.4 Å². The fourth-order valence-corrected chi connectivity index (χ4v) is 4.08. The first-order chi connectivity index (χ1) is 16.2. The first-order valence-electron chi connectivity index (χ1n) is 11.1. The summed E-state index contributed by atoms with van der Waals surface area (Å²) < 4.78 is 23.4. The van der Waals surface area contributed by atoms with E-state index in [2.05, 4.69) is 22.1 Å². The molecule has 1 aliphatic rings. The summed E-state index contributed by atoms with van der Waals surface area (Å²) in [5.41, 5.74) is 15.9. The monoisotopic (exact) mass is 462 g/mol. The van der Waals surface area contributed by atoms with Crippen LogP contribution in [-0.4, -0.2) is 36.4 Å². The highest BCUT2D eigenvalue weighted by atomic mass is 16.5. The zero-order valence-corrected chi connectivity index (χ0v) is 20.1. The molecule has 178 valence electrons. The van der Waals surface area contributed by atoms with Crippen LogP contribution in [-0.2, 0) is 6.42 Å². The molecular weight excluding hydrogens is 432 g/mol. The van der Waals surface area contributed by atoms with Crippen molar-refractivity contribution in [2.75, 3.05) is 32.3 Å². The fraction of sp³-hybridized carbons (Fsp3) is 0.308. The summed E-state index contributed by atoms with van der Waals surface area (Å²) in [6.45, 7) is 6.49. The SMILES string of the molecule is CCOc1cc(Cc2cnc(N)nc2N)cc2c1OC(C)(C)C=C2c1ccc(OC)c(OC)c1. The lowest BCUT2D eigenvalue weighted by atomic mass is 9.88. The van der Waals surface area contributed by atoms with Crippen LogP contribution in [0, 0.1) is 0 Å². The van der Waals surface area contributed by atoms with Gasteiger partial charge >= 0.3 is 0 Å². The van der Waals surface area contributed by atoms with Gasteiger partial charge in [0.2, 0.25) is 5.95 Å². The molecule has 2 heterocycles. The average molecular weight is 463 g/mol. The first-order valence-corrected chi connectivity index (χ1v) is 11.1. The van der Waals surface area contributed by atoms with E-state index in [1.807, 2.05) is 45.0 Å². The number of hydrogen-bond donors (Lipinski definition) is 2. The number of ether oxygens (including phenoxy) is 4. The standard InChI is InChI=1S/C26H30N4O4/c1-6-33-22-11-15(9-17-14-29-25(28)30-24(17)27)10-18-19(13-26(2,3)34-23(18)22)16-7-8-20(31-4)21(12-16)32-5/h7-8,10-14H,6,9H2,1-5H3,(H4,27,28,29,30). The van der Waals surface area contributed by atoms with Gasteiger partial charge in [-0.25, -0.2) is 4.98 Å². The quantitative estimate of drug-likeness (QED) is 0.535. The Morgan fingerprint density at radius 1 is 1.00 bits per heavy atom. The predicted molar refractivity (Wildman–Crippen MR) is 133 cm³/mol. The minimum Gasteiger partial charge on any atom is -0.493 e. The zero-order chi connectivity index (χ0) is 24.5. The van der Waals surface area contributed by atoms with E-state index in [1.54, 1.807) is 20.4 Å². The third kappa shape index (κ3) is 4.57. The topological polar surface area (TPSA) is 115 Å². The Morgan fingerprint density at radius 3 is 2.44 bits per heavy atom. The molecule has 1 aromatic heterocycles. The van der Waals surface area contributed by atoms with Crippen molar-refractivity contribution in [2.24, 2.45) is 0 Å². The number of methoxy groups -OCH3 is 2. The highest BCUT2D eigenvalue weighted by molar-refractivity contribution is 5.87. The van der Waals surface area contributed by atoms with Crippen LogP contribution in [0.1, 0.15) is 43.0 Å². The van der Waals surface area contributed by atoms with E-state index >= 15 is 0 Å². The van der Waals surface area contributed by atoms with Crippen molar-refractivity contribution in [3.05, 3.63) is 64.9 Å².